The van der Waals surface area contributed by atoms with E-state index >= 15 is 0 Å². The first-order chi connectivity index (χ1) is 9.12. The van der Waals surface area contributed by atoms with Crippen LogP contribution in [0.25, 0.3) is 0 Å². The van der Waals surface area contributed by atoms with Crippen LogP contribution >= 0.6 is 0 Å². The largest absolute Gasteiger partial charge is 0.393 e. The maximum atomic E-state index is 12.5. The zero-order valence-electron chi connectivity index (χ0n) is 12.3. The summed E-state index contributed by atoms with van der Waals surface area (Å²) >= 11 is 0. The van der Waals surface area contributed by atoms with Crippen LogP contribution in [-0.4, -0.2) is 41.6 Å². The zero-order chi connectivity index (χ0) is 14.9. The van der Waals surface area contributed by atoms with Gasteiger partial charge in [-0.1, -0.05) is 13.8 Å². The molecule has 5 nitrogen and oxygen atoms in total. The van der Waals surface area contributed by atoms with Crippen molar-refractivity contribution >= 4 is 15.9 Å². The van der Waals surface area contributed by atoms with Gasteiger partial charge in [-0.25, -0.2) is 12.7 Å². The molecule has 1 aliphatic heterocycles. The molecule has 3 aliphatic rings. The molecule has 1 unspecified atom stereocenters. The van der Waals surface area contributed by atoms with E-state index in [0.717, 1.165) is 23.6 Å². The van der Waals surface area contributed by atoms with Crippen molar-refractivity contribution in [1.82, 2.24) is 4.31 Å². The van der Waals surface area contributed by atoms with Crippen molar-refractivity contribution in [1.29, 1.82) is 0 Å². The minimum absolute atomic E-state index is 0.0232. The van der Waals surface area contributed by atoms with E-state index in [0.29, 0.717) is 5.92 Å². The van der Waals surface area contributed by atoms with Gasteiger partial charge in [-0.15, -0.1) is 0 Å². The number of aliphatic hydroxyl groups excluding tert-OH is 1. The molecule has 20 heavy (non-hydrogen) atoms. The van der Waals surface area contributed by atoms with Crippen molar-refractivity contribution in [2.24, 2.45) is 16.7 Å². The van der Waals surface area contributed by atoms with Crippen molar-refractivity contribution in [2.75, 3.05) is 5.75 Å². The number of hydrogen-bond acceptors (Lipinski definition) is 4. The molecule has 3 rings (SSSR count). The van der Waals surface area contributed by atoms with Crippen LogP contribution in [0.4, 0.5) is 0 Å². The molecule has 1 saturated heterocycles. The highest BCUT2D eigenvalue weighted by molar-refractivity contribution is 7.90. The molecule has 1 amide bonds. The molecule has 0 radical (unpaired) electrons. The Morgan fingerprint density at radius 1 is 1.45 bits per heavy atom. The summed E-state index contributed by atoms with van der Waals surface area (Å²) in [6, 6.07) is -0.188. The molecule has 0 aromatic rings. The Morgan fingerprint density at radius 3 is 2.65 bits per heavy atom. The molecule has 0 aromatic heterocycles. The van der Waals surface area contributed by atoms with E-state index < -0.39 is 22.0 Å². The Balaban J connectivity index is 2.00. The molecule has 6 heteroatoms. The number of nitrogens with zero attached hydrogens (tertiary/aromatic N) is 1. The average Bonchev–Trinajstić information content (AvgIpc) is 2.73. The van der Waals surface area contributed by atoms with E-state index in [9.17, 15) is 18.3 Å². The molecule has 2 bridgehead atoms. The molecule has 3 fully saturated rings. The number of sulfonamides is 1. The van der Waals surface area contributed by atoms with E-state index in [2.05, 4.69) is 13.8 Å². The van der Waals surface area contributed by atoms with Crippen LogP contribution in [0, 0.1) is 16.7 Å². The number of carbonyl (C=O) groups excluding carboxylic acids is 1. The van der Waals surface area contributed by atoms with Crippen molar-refractivity contribution in [3.63, 3.8) is 0 Å². The minimum Gasteiger partial charge on any atom is -0.393 e. The minimum atomic E-state index is -3.53. The number of aliphatic hydroxyl groups is 1. The Morgan fingerprint density at radius 2 is 2.10 bits per heavy atom. The van der Waals surface area contributed by atoms with Crippen molar-refractivity contribution in [2.45, 2.75) is 58.6 Å². The lowest BCUT2D eigenvalue weighted by Crippen LogP contribution is -2.44. The van der Waals surface area contributed by atoms with E-state index in [1.165, 1.54) is 6.92 Å². The van der Waals surface area contributed by atoms with E-state index in [-0.39, 0.29) is 29.0 Å². The summed E-state index contributed by atoms with van der Waals surface area (Å²) in [5.74, 6) is 0.162. The second-order valence-corrected chi connectivity index (χ2v) is 9.21. The average molecular weight is 302 g/mol. The standard InChI is InChI=1S/C14H23NO4S/c1-9(16)6-12(17)15-11-7-10-4-5-14(11,13(10,2)3)8-20(15,18)19/h9-11,16H,4-8H2,1-3H3/t9?,10-,11-,14-/m1/s1/i12+1. The molecule has 0 aromatic carbocycles. The van der Waals surface area contributed by atoms with E-state index in [4.69, 9.17) is 0 Å². The Bertz CT molecular complexity index is 554. The second-order valence-electron chi connectivity index (χ2n) is 7.36. The van der Waals surface area contributed by atoms with Gasteiger partial charge in [0.2, 0.25) is 15.9 Å². The van der Waals surface area contributed by atoms with E-state index in [1.807, 2.05) is 0 Å². The van der Waals surface area contributed by atoms with Crippen LogP contribution in [0.3, 0.4) is 0 Å². The summed E-state index contributed by atoms with van der Waals surface area (Å²) in [6.45, 7) is 5.83. The molecule has 1 N–H and O–H groups in total. The quantitative estimate of drug-likeness (QED) is 0.776. The van der Waals surface area contributed by atoms with Gasteiger partial charge in [0, 0.05) is 5.41 Å². The van der Waals surface area contributed by atoms with Crippen LogP contribution in [0.15, 0.2) is 0 Å². The van der Waals surface area contributed by atoms with Gasteiger partial charge >= 0.3 is 0 Å². The molecule has 2 saturated carbocycles. The van der Waals surface area contributed by atoms with Crippen molar-refractivity contribution < 1.29 is 18.3 Å². The monoisotopic (exact) mass is 302 g/mol. The third kappa shape index (κ3) is 1.58. The number of hydrogen-bond donors (Lipinski definition) is 1. The predicted molar refractivity (Wildman–Crippen MR) is 74.3 cm³/mol. The number of amides is 1. The number of fused-ring (bicyclic) bond motifs is 1. The fourth-order valence-corrected chi connectivity index (χ4v) is 7.52. The van der Waals surface area contributed by atoms with Gasteiger partial charge in [0.15, 0.2) is 0 Å². The first-order valence-corrected chi connectivity index (χ1v) is 8.96. The van der Waals surface area contributed by atoms with Gasteiger partial charge in [-0.2, -0.15) is 0 Å². The van der Waals surface area contributed by atoms with Crippen molar-refractivity contribution in [3.8, 4) is 0 Å². The van der Waals surface area contributed by atoms with Gasteiger partial charge in [0.1, 0.15) is 0 Å². The maximum Gasteiger partial charge on any atom is 0.238 e. The Hall–Kier alpha value is -0.620. The SMILES string of the molecule is CC(O)C[13C](=O)N1[C@@H]2C[C@H]3CC[C@]2(CS1(=O)=O)C3(C)C. The summed E-state index contributed by atoms with van der Waals surface area (Å²) in [6.07, 6.45) is 1.83. The van der Waals surface area contributed by atoms with Crippen LogP contribution in [-0.2, 0) is 14.8 Å². The van der Waals surface area contributed by atoms with Crippen LogP contribution in [0.1, 0.15) is 46.5 Å². The second kappa shape index (κ2) is 3.97. The normalized spacial score (nSPS) is 41.7. The summed E-state index contributed by atoms with van der Waals surface area (Å²) in [7, 11) is -3.53. The number of rotatable bonds is 2. The van der Waals surface area contributed by atoms with Gasteiger partial charge in [-0.05, 0) is 37.5 Å². The lowest BCUT2D eigenvalue weighted by atomic mass is 9.69. The van der Waals surface area contributed by atoms with E-state index in [1.54, 1.807) is 0 Å². The summed E-state index contributed by atoms with van der Waals surface area (Å²) < 4.78 is 26.1. The smallest absolute Gasteiger partial charge is 0.238 e. The molecule has 1 spiro atoms. The molecule has 114 valence electrons. The molecular weight excluding hydrogens is 279 g/mol. The Kier molecular flexibility index (Phi) is 2.85. The highest BCUT2D eigenvalue weighted by atomic mass is 32.2. The Labute approximate surface area is 120 Å². The van der Waals surface area contributed by atoms with Gasteiger partial charge in [0.25, 0.3) is 0 Å². The molecule has 1 heterocycles. The van der Waals surface area contributed by atoms with Gasteiger partial charge in [0.05, 0.1) is 24.3 Å². The third-order valence-electron chi connectivity index (χ3n) is 6.13. The summed E-state index contributed by atoms with van der Waals surface area (Å²) in [4.78, 5) is 12.3. The van der Waals surface area contributed by atoms with Crippen LogP contribution in [0.5, 0.6) is 0 Å². The maximum absolute atomic E-state index is 12.5. The molecular formula is C14H23NO4S. The third-order valence-corrected chi connectivity index (χ3v) is 8.06. The molecule has 4 atom stereocenters. The number of carbonyl (C=O) groups is 1. The highest BCUT2D eigenvalue weighted by Gasteiger charge is 2.72. The molecule has 2 aliphatic carbocycles. The van der Waals surface area contributed by atoms with Crippen LogP contribution < -0.4 is 0 Å². The van der Waals surface area contributed by atoms with Gasteiger partial charge in [-0.3, -0.25) is 4.79 Å². The fourth-order valence-electron chi connectivity index (χ4n) is 4.96. The summed E-state index contributed by atoms with van der Waals surface area (Å²) in [5, 5.41) is 9.38. The highest BCUT2D eigenvalue weighted by Crippen LogP contribution is 2.69. The van der Waals surface area contributed by atoms with Crippen molar-refractivity contribution in [3.05, 3.63) is 0 Å². The summed E-state index contributed by atoms with van der Waals surface area (Å²) in [5.41, 5.74) is -0.296. The van der Waals surface area contributed by atoms with Crippen LogP contribution in [0.2, 0.25) is 0 Å². The predicted octanol–water partition coefficient (Wildman–Crippen LogP) is 1.12. The topological polar surface area (TPSA) is 74.7 Å². The lowest BCUT2D eigenvalue weighted by molar-refractivity contribution is -0.130. The first-order valence-electron chi connectivity index (χ1n) is 7.35. The lowest BCUT2D eigenvalue weighted by Gasteiger charge is -2.37. The fraction of sp³-hybridized carbons (Fsp3) is 0.929. The van der Waals surface area contributed by atoms with Gasteiger partial charge < -0.3 is 5.11 Å². The first kappa shape index (κ1) is 14.3. The zero-order valence-corrected chi connectivity index (χ0v) is 13.1.